The molecule has 2 nitrogen and oxygen atoms in total. The molecule has 3 rings (SSSR count). The minimum atomic E-state index is 0.984. The van der Waals surface area contributed by atoms with Crippen LogP contribution in [0.15, 0.2) is 64.2 Å². The highest BCUT2D eigenvalue weighted by Crippen LogP contribution is 2.27. The van der Waals surface area contributed by atoms with Gasteiger partial charge in [0.15, 0.2) is 0 Å². The number of halogens is 1. The van der Waals surface area contributed by atoms with Crippen LogP contribution >= 0.6 is 27.7 Å². The number of hydrogen-bond donors (Lipinski definition) is 0. The summed E-state index contributed by atoms with van der Waals surface area (Å²) in [5.41, 5.74) is 2.45. The van der Waals surface area contributed by atoms with Crippen molar-refractivity contribution in [3.05, 3.63) is 64.9 Å². The number of hydrogen-bond acceptors (Lipinski definition) is 2. The Hall–Kier alpha value is -1.26. The number of nitrogens with zero attached hydrogens (tertiary/aromatic N) is 2. The molecule has 0 saturated heterocycles. The van der Waals surface area contributed by atoms with Gasteiger partial charge in [-0.05, 0) is 39.7 Å². The van der Waals surface area contributed by atoms with Gasteiger partial charge in [-0.3, -0.25) is 0 Å². The zero-order valence-electron chi connectivity index (χ0n) is 9.58. The Balaban J connectivity index is 1.82. The van der Waals surface area contributed by atoms with E-state index in [-0.39, 0.29) is 0 Å². The van der Waals surface area contributed by atoms with Crippen molar-refractivity contribution in [2.45, 2.75) is 10.6 Å². The van der Waals surface area contributed by atoms with Gasteiger partial charge in [-0.25, -0.2) is 4.52 Å². The Morgan fingerprint density at radius 3 is 2.78 bits per heavy atom. The van der Waals surface area contributed by atoms with Crippen LogP contribution in [0.5, 0.6) is 0 Å². The van der Waals surface area contributed by atoms with Crippen LogP contribution < -0.4 is 0 Å². The van der Waals surface area contributed by atoms with E-state index in [1.807, 2.05) is 34.6 Å². The minimum absolute atomic E-state index is 0.984. The van der Waals surface area contributed by atoms with E-state index in [1.54, 1.807) is 0 Å². The number of fused-ring (bicyclic) bond motifs is 1. The molecule has 90 valence electrons. The average molecular weight is 319 g/mol. The van der Waals surface area contributed by atoms with Crippen LogP contribution in [0.4, 0.5) is 0 Å². The molecule has 0 unspecified atom stereocenters. The molecule has 0 aliphatic rings. The topological polar surface area (TPSA) is 17.3 Å². The molecular weight excluding hydrogens is 308 g/mol. The predicted octanol–water partition coefficient (Wildman–Crippen LogP) is 4.39. The molecule has 0 N–H and O–H groups in total. The van der Waals surface area contributed by atoms with Gasteiger partial charge in [0.1, 0.15) is 4.60 Å². The molecular formula is C14H11BrN2S. The number of pyridine rings is 1. The maximum absolute atomic E-state index is 4.24. The second-order valence-corrected chi connectivity index (χ2v) is 5.82. The number of rotatable bonds is 3. The molecule has 2 heterocycles. The Labute approximate surface area is 118 Å². The summed E-state index contributed by atoms with van der Waals surface area (Å²) in [6.07, 6.45) is 1.81. The normalized spacial score (nSPS) is 10.9. The average Bonchev–Trinajstić information content (AvgIpc) is 2.86. The van der Waals surface area contributed by atoms with E-state index in [0.717, 1.165) is 15.9 Å². The SMILES string of the molecule is Brc1cc(SCc2ccccc2)cc2ccnn12. The quantitative estimate of drug-likeness (QED) is 0.526. The second kappa shape index (κ2) is 5.16. The lowest BCUT2D eigenvalue weighted by Gasteiger charge is -2.04. The van der Waals surface area contributed by atoms with Crippen LogP contribution in [0.25, 0.3) is 5.52 Å². The number of thioether (sulfide) groups is 1. The largest absolute Gasteiger partial charge is 0.227 e. The van der Waals surface area contributed by atoms with Crippen LogP contribution in [0.3, 0.4) is 0 Å². The highest BCUT2D eigenvalue weighted by molar-refractivity contribution is 9.10. The third kappa shape index (κ3) is 2.44. The molecule has 3 aromatic rings. The van der Waals surface area contributed by atoms with Gasteiger partial charge in [-0.2, -0.15) is 5.10 Å². The highest BCUT2D eigenvalue weighted by atomic mass is 79.9. The first kappa shape index (κ1) is 11.8. The van der Waals surface area contributed by atoms with Crippen molar-refractivity contribution < 1.29 is 0 Å². The van der Waals surface area contributed by atoms with Crippen molar-refractivity contribution in [3.63, 3.8) is 0 Å². The Morgan fingerprint density at radius 1 is 1.11 bits per heavy atom. The van der Waals surface area contributed by atoms with Crippen LogP contribution in [0.2, 0.25) is 0 Å². The Kier molecular flexibility index (Phi) is 3.39. The van der Waals surface area contributed by atoms with Gasteiger partial charge in [-0.1, -0.05) is 30.3 Å². The van der Waals surface area contributed by atoms with Crippen LogP contribution in [0, 0.1) is 0 Å². The van der Waals surface area contributed by atoms with Crippen molar-refractivity contribution in [3.8, 4) is 0 Å². The van der Waals surface area contributed by atoms with Gasteiger partial charge in [-0.15, -0.1) is 11.8 Å². The fourth-order valence-corrected chi connectivity index (χ4v) is 3.41. The maximum atomic E-state index is 4.24. The zero-order chi connectivity index (χ0) is 12.4. The first-order chi connectivity index (χ1) is 8.83. The molecule has 0 spiro atoms. The van der Waals surface area contributed by atoms with Gasteiger partial charge < -0.3 is 0 Å². The van der Waals surface area contributed by atoms with Gasteiger partial charge in [0.25, 0.3) is 0 Å². The fraction of sp³-hybridized carbons (Fsp3) is 0.0714. The lowest BCUT2D eigenvalue weighted by Crippen LogP contribution is -1.89. The molecule has 0 bridgehead atoms. The zero-order valence-corrected chi connectivity index (χ0v) is 12.0. The van der Waals surface area contributed by atoms with E-state index >= 15 is 0 Å². The molecule has 0 radical (unpaired) electrons. The maximum Gasteiger partial charge on any atom is 0.109 e. The molecule has 0 amide bonds. The van der Waals surface area contributed by atoms with Crippen molar-refractivity contribution in [2.24, 2.45) is 0 Å². The standard InChI is InChI=1S/C14H11BrN2S/c15-14-9-13(8-12-6-7-16-17(12)14)18-10-11-4-2-1-3-5-11/h1-9H,10H2. The summed E-state index contributed by atoms with van der Waals surface area (Å²) in [6.45, 7) is 0. The van der Waals surface area contributed by atoms with Gasteiger partial charge in [0.2, 0.25) is 0 Å². The number of aromatic nitrogens is 2. The van der Waals surface area contributed by atoms with Crippen molar-refractivity contribution in [1.29, 1.82) is 0 Å². The second-order valence-electron chi connectivity index (χ2n) is 3.96. The summed E-state index contributed by atoms with van der Waals surface area (Å²) in [6, 6.07) is 16.8. The molecule has 0 fully saturated rings. The molecule has 0 aliphatic carbocycles. The first-order valence-electron chi connectivity index (χ1n) is 5.63. The molecule has 2 aromatic heterocycles. The summed E-state index contributed by atoms with van der Waals surface area (Å²) in [7, 11) is 0. The fourth-order valence-electron chi connectivity index (χ4n) is 1.79. The Morgan fingerprint density at radius 2 is 1.94 bits per heavy atom. The van der Waals surface area contributed by atoms with Crippen molar-refractivity contribution in [2.75, 3.05) is 0 Å². The lowest BCUT2D eigenvalue weighted by molar-refractivity contribution is 0.927. The van der Waals surface area contributed by atoms with Gasteiger partial charge >= 0.3 is 0 Å². The van der Waals surface area contributed by atoms with E-state index in [4.69, 9.17) is 0 Å². The summed E-state index contributed by atoms with van der Waals surface area (Å²) in [5, 5.41) is 4.24. The third-order valence-corrected chi connectivity index (χ3v) is 4.29. The van der Waals surface area contributed by atoms with Crippen LogP contribution in [-0.2, 0) is 5.75 Å². The van der Waals surface area contributed by atoms with Crippen LogP contribution in [-0.4, -0.2) is 9.61 Å². The van der Waals surface area contributed by atoms with Gasteiger partial charge in [0.05, 0.1) is 11.7 Å². The van der Waals surface area contributed by atoms with Crippen molar-refractivity contribution in [1.82, 2.24) is 9.61 Å². The molecule has 18 heavy (non-hydrogen) atoms. The molecule has 4 heteroatoms. The number of benzene rings is 1. The van der Waals surface area contributed by atoms with Crippen molar-refractivity contribution >= 4 is 33.2 Å². The monoisotopic (exact) mass is 318 g/mol. The van der Waals surface area contributed by atoms with Crippen LogP contribution in [0.1, 0.15) is 5.56 Å². The third-order valence-electron chi connectivity index (χ3n) is 2.67. The lowest BCUT2D eigenvalue weighted by atomic mass is 10.2. The summed E-state index contributed by atoms with van der Waals surface area (Å²) >= 11 is 5.38. The molecule has 1 aromatic carbocycles. The Bertz CT molecular complexity index is 664. The first-order valence-corrected chi connectivity index (χ1v) is 7.41. The minimum Gasteiger partial charge on any atom is -0.227 e. The van der Waals surface area contributed by atoms with E-state index in [1.165, 1.54) is 10.5 Å². The van der Waals surface area contributed by atoms with E-state index < -0.39 is 0 Å². The molecule has 0 saturated carbocycles. The smallest absolute Gasteiger partial charge is 0.109 e. The van der Waals surface area contributed by atoms with E-state index in [9.17, 15) is 0 Å². The highest BCUT2D eigenvalue weighted by Gasteiger charge is 2.03. The summed E-state index contributed by atoms with van der Waals surface area (Å²) < 4.78 is 2.87. The van der Waals surface area contributed by atoms with E-state index in [0.29, 0.717) is 0 Å². The molecule has 0 atom stereocenters. The summed E-state index contributed by atoms with van der Waals surface area (Å²) in [4.78, 5) is 1.25. The van der Waals surface area contributed by atoms with Gasteiger partial charge in [0, 0.05) is 10.6 Å². The predicted molar refractivity (Wildman–Crippen MR) is 78.9 cm³/mol. The van der Waals surface area contributed by atoms with E-state index in [2.05, 4.69) is 57.4 Å². The summed E-state index contributed by atoms with van der Waals surface area (Å²) in [5.74, 6) is 0.984. The molecule has 0 aliphatic heterocycles.